The molecule has 6 heteroatoms. The molecule has 3 aliphatic heterocycles. The molecule has 1 aromatic rings. The lowest BCUT2D eigenvalue weighted by atomic mass is 9.71. The molecule has 3 heterocycles. The maximum atomic E-state index is 13.1. The molecule has 1 spiro atoms. The number of benzene rings is 1. The van der Waals surface area contributed by atoms with E-state index < -0.39 is 0 Å². The number of nitrogens with zero attached hydrogens (tertiary/aromatic N) is 3. The zero-order chi connectivity index (χ0) is 22.0. The lowest BCUT2D eigenvalue weighted by Crippen LogP contribution is -2.64. The summed E-state index contributed by atoms with van der Waals surface area (Å²) in [5.74, 6) is 1.13. The van der Waals surface area contributed by atoms with Gasteiger partial charge in [0.1, 0.15) is 0 Å². The molecule has 4 fully saturated rings. The molecule has 3 saturated heterocycles. The molecular formula is C26H38N4O2. The third-order valence-corrected chi connectivity index (χ3v) is 8.00. The minimum Gasteiger partial charge on any atom is -0.356 e. The SMILES string of the molecule is O=C(NCC1CC1)C1CN(Cc2ccccc2)CC12CN(C(=O)CCN1CCCCC1)C2. The van der Waals surface area contributed by atoms with Crippen molar-refractivity contribution in [2.75, 3.05) is 52.4 Å². The first-order chi connectivity index (χ1) is 15.6. The van der Waals surface area contributed by atoms with E-state index in [1.807, 2.05) is 11.0 Å². The highest BCUT2D eigenvalue weighted by Crippen LogP contribution is 2.45. The summed E-state index contributed by atoms with van der Waals surface area (Å²) in [5, 5.41) is 3.23. The molecule has 0 aromatic heterocycles. The van der Waals surface area contributed by atoms with Crippen molar-refractivity contribution < 1.29 is 9.59 Å². The van der Waals surface area contributed by atoms with Gasteiger partial charge in [0.25, 0.3) is 0 Å². The quantitative estimate of drug-likeness (QED) is 0.677. The molecule has 2 amide bonds. The van der Waals surface area contributed by atoms with Gasteiger partial charge in [0.05, 0.1) is 5.92 Å². The molecule has 1 aromatic carbocycles. The highest BCUT2D eigenvalue weighted by atomic mass is 16.2. The summed E-state index contributed by atoms with van der Waals surface area (Å²) in [6.07, 6.45) is 6.95. The average Bonchev–Trinajstić information content (AvgIpc) is 3.55. The first-order valence-electron chi connectivity index (χ1n) is 12.7. The molecular weight excluding hydrogens is 400 g/mol. The summed E-state index contributed by atoms with van der Waals surface area (Å²) in [7, 11) is 0. The van der Waals surface area contributed by atoms with E-state index >= 15 is 0 Å². The standard InChI is InChI=1S/C26H38N4O2/c31-24(11-14-28-12-5-2-6-13-28)30-19-26(20-30)18-29(16-22-7-3-1-4-8-22)17-23(26)25(32)27-15-21-9-10-21/h1,3-4,7-8,21,23H,2,5-6,9-20H2,(H,27,32). The maximum absolute atomic E-state index is 13.1. The van der Waals surface area contributed by atoms with Crippen molar-refractivity contribution in [3.05, 3.63) is 35.9 Å². The fourth-order valence-electron chi connectivity index (χ4n) is 5.89. The molecule has 0 bridgehead atoms. The molecule has 174 valence electrons. The Balaban J connectivity index is 1.18. The van der Waals surface area contributed by atoms with Crippen LogP contribution in [0.25, 0.3) is 0 Å². The molecule has 32 heavy (non-hydrogen) atoms. The minimum atomic E-state index is -0.0802. The van der Waals surface area contributed by atoms with Gasteiger partial charge in [0, 0.05) is 57.6 Å². The smallest absolute Gasteiger partial charge is 0.225 e. The Morgan fingerprint density at radius 3 is 2.44 bits per heavy atom. The number of amides is 2. The normalized spacial score (nSPS) is 25.6. The number of carbonyl (C=O) groups excluding carboxylic acids is 2. The molecule has 0 radical (unpaired) electrons. The van der Waals surface area contributed by atoms with E-state index in [2.05, 4.69) is 39.4 Å². The predicted molar refractivity (Wildman–Crippen MR) is 125 cm³/mol. The van der Waals surface area contributed by atoms with E-state index in [1.54, 1.807) is 0 Å². The predicted octanol–water partition coefficient (Wildman–Crippen LogP) is 2.35. The molecule has 4 aliphatic rings. The van der Waals surface area contributed by atoms with Crippen molar-refractivity contribution in [1.82, 2.24) is 20.0 Å². The van der Waals surface area contributed by atoms with E-state index in [1.165, 1.54) is 37.7 Å². The molecule has 1 unspecified atom stereocenters. The second-order valence-electron chi connectivity index (χ2n) is 10.7. The van der Waals surface area contributed by atoms with Gasteiger partial charge in [-0.15, -0.1) is 0 Å². The number of hydrogen-bond donors (Lipinski definition) is 1. The number of nitrogens with one attached hydrogen (secondary N) is 1. The number of piperidine rings is 1. The van der Waals surface area contributed by atoms with E-state index in [0.29, 0.717) is 12.3 Å². The van der Waals surface area contributed by atoms with Crippen LogP contribution in [0.3, 0.4) is 0 Å². The van der Waals surface area contributed by atoms with Gasteiger partial charge in [-0.05, 0) is 50.3 Å². The van der Waals surface area contributed by atoms with Crippen molar-refractivity contribution >= 4 is 11.8 Å². The lowest BCUT2D eigenvalue weighted by molar-refractivity contribution is -0.150. The highest BCUT2D eigenvalue weighted by Gasteiger charge is 2.57. The topological polar surface area (TPSA) is 55.9 Å². The Morgan fingerprint density at radius 1 is 0.969 bits per heavy atom. The molecule has 1 aliphatic carbocycles. The van der Waals surface area contributed by atoms with Gasteiger partial charge >= 0.3 is 0 Å². The number of hydrogen-bond acceptors (Lipinski definition) is 4. The minimum absolute atomic E-state index is 0.0175. The van der Waals surface area contributed by atoms with Gasteiger partial charge in [0.2, 0.25) is 11.8 Å². The first kappa shape index (κ1) is 21.9. The van der Waals surface area contributed by atoms with Gasteiger partial charge in [-0.25, -0.2) is 0 Å². The van der Waals surface area contributed by atoms with Crippen molar-refractivity contribution in [3.8, 4) is 0 Å². The van der Waals surface area contributed by atoms with Gasteiger partial charge < -0.3 is 15.1 Å². The van der Waals surface area contributed by atoms with Crippen molar-refractivity contribution in [1.29, 1.82) is 0 Å². The van der Waals surface area contributed by atoms with Crippen LogP contribution in [0.4, 0.5) is 0 Å². The van der Waals surface area contributed by atoms with Crippen LogP contribution in [0.5, 0.6) is 0 Å². The van der Waals surface area contributed by atoms with Crippen LogP contribution in [0.2, 0.25) is 0 Å². The Bertz CT molecular complexity index is 797. The Morgan fingerprint density at radius 2 is 1.72 bits per heavy atom. The highest BCUT2D eigenvalue weighted by molar-refractivity contribution is 5.82. The number of likely N-dealkylation sites (tertiary alicyclic amines) is 3. The van der Waals surface area contributed by atoms with E-state index in [-0.39, 0.29) is 23.1 Å². The largest absolute Gasteiger partial charge is 0.356 e. The van der Waals surface area contributed by atoms with Crippen LogP contribution >= 0.6 is 0 Å². The zero-order valence-corrected chi connectivity index (χ0v) is 19.3. The van der Waals surface area contributed by atoms with Gasteiger partial charge in [-0.3, -0.25) is 14.5 Å². The Hall–Kier alpha value is -1.92. The van der Waals surface area contributed by atoms with Crippen LogP contribution in [-0.2, 0) is 16.1 Å². The van der Waals surface area contributed by atoms with Crippen LogP contribution < -0.4 is 5.32 Å². The van der Waals surface area contributed by atoms with Crippen molar-refractivity contribution in [2.24, 2.45) is 17.3 Å². The summed E-state index contributed by atoms with van der Waals surface area (Å²) in [6.45, 7) is 8.01. The summed E-state index contributed by atoms with van der Waals surface area (Å²) >= 11 is 0. The lowest BCUT2D eigenvalue weighted by Gasteiger charge is -2.50. The van der Waals surface area contributed by atoms with Crippen LogP contribution in [-0.4, -0.2) is 78.9 Å². The van der Waals surface area contributed by atoms with Gasteiger partial charge in [-0.2, -0.15) is 0 Å². The molecule has 1 saturated carbocycles. The number of rotatable bonds is 8. The molecule has 5 rings (SSSR count). The summed E-state index contributed by atoms with van der Waals surface area (Å²) in [5.41, 5.74) is 1.21. The third-order valence-electron chi connectivity index (χ3n) is 8.00. The van der Waals surface area contributed by atoms with Crippen LogP contribution in [0.1, 0.15) is 44.1 Å². The third kappa shape index (κ3) is 5.01. The fraction of sp³-hybridized carbons (Fsp3) is 0.692. The van der Waals surface area contributed by atoms with E-state index in [0.717, 1.165) is 58.9 Å². The Labute approximate surface area is 192 Å². The van der Waals surface area contributed by atoms with E-state index in [4.69, 9.17) is 0 Å². The summed E-state index contributed by atoms with van der Waals surface area (Å²) in [4.78, 5) is 32.9. The van der Waals surface area contributed by atoms with Crippen molar-refractivity contribution in [2.45, 2.75) is 45.1 Å². The van der Waals surface area contributed by atoms with Gasteiger partial charge in [-0.1, -0.05) is 36.8 Å². The van der Waals surface area contributed by atoms with E-state index in [9.17, 15) is 9.59 Å². The summed E-state index contributed by atoms with van der Waals surface area (Å²) < 4.78 is 0. The molecule has 1 N–H and O–H groups in total. The molecule has 1 atom stereocenters. The first-order valence-corrected chi connectivity index (χ1v) is 12.7. The van der Waals surface area contributed by atoms with Crippen LogP contribution in [0.15, 0.2) is 30.3 Å². The zero-order valence-electron chi connectivity index (χ0n) is 19.3. The fourth-order valence-corrected chi connectivity index (χ4v) is 5.89. The molecule has 6 nitrogen and oxygen atoms in total. The second kappa shape index (κ2) is 9.52. The van der Waals surface area contributed by atoms with Gasteiger partial charge in [0.15, 0.2) is 0 Å². The number of carbonyl (C=O) groups is 2. The Kier molecular flexibility index (Phi) is 6.51. The maximum Gasteiger partial charge on any atom is 0.225 e. The second-order valence-corrected chi connectivity index (χ2v) is 10.7. The van der Waals surface area contributed by atoms with Crippen molar-refractivity contribution in [3.63, 3.8) is 0 Å². The van der Waals surface area contributed by atoms with Crippen LogP contribution in [0, 0.1) is 17.3 Å². The summed E-state index contributed by atoms with van der Waals surface area (Å²) in [6, 6.07) is 10.5. The average molecular weight is 439 g/mol. The monoisotopic (exact) mass is 438 g/mol.